The van der Waals surface area contributed by atoms with Crippen LogP contribution in [0.4, 0.5) is 11.5 Å². The molecule has 0 saturated heterocycles. The molecule has 208 valence electrons. The molecule has 0 aliphatic heterocycles. The lowest BCUT2D eigenvalue weighted by molar-refractivity contribution is -0.0374. The molecular weight excluding hydrogens is 542 g/mol. The van der Waals surface area contributed by atoms with Crippen LogP contribution in [0.25, 0.3) is 0 Å². The Balaban J connectivity index is 1.39. The van der Waals surface area contributed by atoms with Crippen LogP contribution in [0.5, 0.6) is 0 Å². The van der Waals surface area contributed by atoms with Gasteiger partial charge in [0.25, 0.3) is 0 Å². The maximum absolute atomic E-state index is 10.6. The van der Waals surface area contributed by atoms with Crippen LogP contribution in [0.1, 0.15) is 61.9 Å². The number of rotatable bonds is 16. The molecule has 2 aromatic rings. The molecule has 2 aromatic heterocycles. The minimum atomic E-state index is -0.581. The molecule has 2 aliphatic carbocycles. The first-order chi connectivity index (χ1) is 18.5. The molecule has 0 aromatic carbocycles. The van der Waals surface area contributed by atoms with Gasteiger partial charge in [0.15, 0.2) is 11.0 Å². The van der Waals surface area contributed by atoms with Gasteiger partial charge in [-0.3, -0.25) is 0 Å². The van der Waals surface area contributed by atoms with E-state index in [-0.39, 0.29) is 31.3 Å². The zero-order valence-corrected chi connectivity index (χ0v) is 24.2. The Labute approximate surface area is 238 Å². The van der Waals surface area contributed by atoms with E-state index in [1.165, 1.54) is 4.88 Å². The number of nitrogens with one attached hydrogen (secondary N) is 2. The van der Waals surface area contributed by atoms with Gasteiger partial charge in [-0.05, 0) is 56.6 Å². The van der Waals surface area contributed by atoms with Crippen molar-refractivity contribution in [3.05, 3.63) is 39.7 Å². The number of halogens is 1. The smallest absolute Gasteiger partial charge is 0.189 e. The minimum absolute atomic E-state index is 0.00545. The Morgan fingerprint density at radius 1 is 1.34 bits per heavy atom. The van der Waals surface area contributed by atoms with E-state index in [0.717, 1.165) is 59.5 Å². The van der Waals surface area contributed by atoms with Gasteiger partial charge in [-0.15, -0.1) is 17.9 Å². The van der Waals surface area contributed by atoms with Gasteiger partial charge >= 0.3 is 0 Å². The SMILES string of the molecule is C=CC1C(CCCCc2nc(SCCC)nc(NC3CC3c3ccc(Cl)s3)c2N=N)CC(OCCO)C1O. The number of hydrogen-bond acceptors (Lipinski definition) is 10. The second-order valence-corrected chi connectivity index (χ2v) is 12.8. The first-order valence-electron chi connectivity index (χ1n) is 13.4. The highest BCUT2D eigenvalue weighted by Crippen LogP contribution is 2.47. The fraction of sp³-hybridized carbons (Fsp3) is 0.630. The Kier molecular flexibility index (Phi) is 11.0. The van der Waals surface area contributed by atoms with E-state index in [1.54, 1.807) is 23.1 Å². The van der Waals surface area contributed by atoms with Gasteiger partial charge < -0.3 is 20.3 Å². The maximum Gasteiger partial charge on any atom is 0.189 e. The number of unbranched alkanes of at least 4 members (excludes halogenated alkanes) is 1. The van der Waals surface area contributed by atoms with Gasteiger partial charge in [0, 0.05) is 28.5 Å². The van der Waals surface area contributed by atoms with Gasteiger partial charge in [-0.1, -0.05) is 42.8 Å². The average Bonchev–Trinajstić information content (AvgIpc) is 3.42. The molecule has 2 saturated carbocycles. The number of thioether (sulfide) groups is 1. The summed E-state index contributed by atoms with van der Waals surface area (Å²) in [5.41, 5.74) is 9.23. The monoisotopic (exact) mass is 579 g/mol. The van der Waals surface area contributed by atoms with Gasteiger partial charge in [-0.25, -0.2) is 15.5 Å². The summed E-state index contributed by atoms with van der Waals surface area (Å²) in [5.74, 6) is 2.27. The Hall–Kier alpha value is -1.56. The van der Waals surface area contributed by atoms with E-state index in [2.05, 4.69) is 30.0 Å². The van der Waals surface area contributed by atoms with Crippen LogP contribution in [-0.4, -0.2) is 57.4 Å². The van der Waals surface area contributed by atoms with Crippen LogP contribution < -0.4 is 5.32 Å². The molecule has 0 radical (unpaired) electrons. The van der Waals surface area contributed by atoms with Crippen molar-refractivity contribution in [1.82, 2.24) is 9.97 Å². The number of anilines is 1. The van der Waals surface area contributed by atoms with Crippen LogP contribution in [0.2, 0.25) is 4.34 Å². The third-order valence-electron chi connectivity index (χ3n) is 7.34. The summed E-state index contributed by atoms with van der Waals surface area (Å²) in [6, 6.07) is 4.28. The fourth-order valence-corrected chi connectivity index (χ4v) is 7.29. The fourth-order valence-electron chi connectivity index (χ4n) is 5.33. The van der Waals surface area contributed by atoms with E-state index in [0.29, 0.717) is 29.8 Å². The number of hydrogen-bond donors (Lipinski definition) is 4. The predicted molar refractivity (Wildman–Crippen MR) is 154 cm³/mol. The van der Waals surface area contributed by atoms with Crippen molar-refractivity contribution in [2.24, 2.45) is 17.0 Å². The Bertz CT molecular complexity index is 1090. The summed E-state index contributed by atoms with van der Waals surface area (Å²) < 4.78 is 6.45. The largest absolute Gasteiger partial charge is 0.394 e. The van der Waals surface area contributed by atoms with Crippen molar-refractivity contribution in [2.45, 2.75) is 81.2 Å². The number of aliphatic hydroxyl groups is 2. The van der Waals surface area contributed by atoms with Crippen molar-refractivity contribution in [3.63, 3.8) is 0 Å². The minimum Gasteiger partial charge on any atom is -0.394 e. The van der Waals surface area contributed by atoms with E-state index in [4.69, 9.17) is 36.9 Å². The first kappa shape index (κ1) is 29.4. The molecule has 2 fully saturated rings. The van der Waals surface area contributed by atoms with Crippen molar-refractivity contribution >= 4 is 46.2 Å². The van der Waals surface area contributed by atoms with Crippen molar-refractivity contribution in [3.8, 4) is 0 Å². The predicted octanol–water partition coefficient (Wildman–Crippen LogP) is 6.60. The second kappa shape index (κ2) is 14.2. The Morgan fingerprint density at radius 3 is 2.87 bits per heavy atom. The molecule has 6 atom stereocenters. The number of ether oxygens (including phenoxy) is 1. The zero-order valence-electron chi connectivity index (χ0n) is 21.8. The molecule has 2 aliphatic rings. The van der Waals surface area contributed by atoms with E-state index in [9.17, 15) is 5.11 Å². The highest BCUT2D eigenvalue weighted by atomic mass is 35.5. The quantitative estimate of drug-likeness (QED) is 0.0580. The van der Waals surface area contributed by atoms with E-state index in [1.807, 2.05) is 12.1 Å². The molecule has 6 unspecified atom stereocenters. The zero-order chi connectivity index (χ0) is 27.1. The molecule has 8 nitrogen and oxygen atoms in total. The topological polar surface area (TPSA) is 124 Å². The van der Waals surface area contributed by atoms with Gasteiger partial charge in [-0.2, -0.15) is 5.11 Å². The number of nitrogens with zero attached hydrogens (tertiary/aromatic N) is 3. The second-order valence-electron chi connectivity index (χ2n) is 10.0. The average molecular weight is 580 g/mol. The molecular formula is C27H38ClN5O3S2. The summed E-state index contributed by atoms with van der Waals surface area (Å²) in [6.07, 6.45) is 7.31. The third-order valence-corrected chi connectivity index (χ3v) is 9.76. The number of aromatic nitrogens is 2. The normalized spacial score (nSPS) is 26.4. The lowest BCUT2D eigenvalue weighted by atomic mass is 9.90. The van der Waals surface area contributed by atoms with Crippen LogP contribution >= 0.6 is 34.7 Å². The van der Waals surface area contributed by atoms with Crippen LogP contribution in [0.15, 0.2) is 35.1 Å². The van der Waals surface area contributed by atoms with Crippen LogP contribution in [0, 0.1) is 17.4 Å². The lowest BCUT2D eigenvalue weighted by Crippen LogP contribution is -2.28. The van der Waals surface area contributed by atoms with Crippen molar-refractivity contribution < 1.29 is 14.9 Å². The number of aryl methyl sites for hydroxylation is 1. The van der Waals surface area contributed by atoms with E-state index >= 15 is 0 Å². The maximum atomic E-state index is 10.6. The number of aliphatic hydroxyl groups excluding tert-OH is 2. The summed E-state index contributed by atoms with van der Waals surface area (Å²) in [7, 11) is 0. The van der Waals surface area contributed by atoms with Gasteiger partial charge in [0.05, 0.1) is 35.5 Å². The molecule has 2 heterocycles. The summed E-state index contributed by atoms with van der Waals surface area (Å²) in [4.78, 5) is 10.8. The molecule has 4 N–H and O–H groups in total. The summed E-state index contributed by atoms with van der Waals surface area (Å²) in [5, 5.41) is 27.8. The highest BCUT2D eigenvalue weighted by molar-refractivity contribution is 7.99. The molecule has 0 bridgehead atoms. The molecule has 11 heteroatoms. The van der Waals surface area contributed by atoms with Crippen molar-refractivity contribution in [2.75, 3.05) is 24.3 Å². The van der Waals surface area contributed by atoms with Crippen LogP contribution in [-0.2, 0) is 11.2 Å². The molecule has 0 spiro atoms. The lowest BCUT2D eigenvalue weighted by Gasteiger charge is -2.19. The molecule has 4 rings (SSSR count). The van der Waals surface area contributed by atoms with E-state index < -0.39 is 6.10 Å². The summed E-state index contributed by atoms with van der Waals surface area (Å²) in [6.45, 7) is 6.25. The summed E-state index contributed by atoms with van der Waals surface area (Å²) >= 11 is 9.38. The number of thiophene rings is 1. The van der Waals surface area contributed by atoms with Crippen LogP contribution in [0.3, 0.4) is 0 Å². The molecule has 0 amide bonds. The first-order valence-corrected chi connectivity index (χ1v) is 15.6. The third kappa shape index (κ3) is 7.34. The standard InChI is InChI=1S/C27H38ClN5O3S2/c1-3-13-37-27-31-19(8-6-5-7-16-14-21(36-12-11-34)25(35)17(16)4-2)24(33-29)26(32-27)30-20-15-18(20)22-9-10-23(28)38-22/h4,9-10,16-18,20-21,25,29,34-35H,2-3,5-8,11-15H2,1H3,(H,30,31,32). The van der Waals surface area contributed by atoms with Gasteiger partial charge in [0.2, 0.25) is 0 Å². The Morgan fingerprint density at radius 2 is 2.18 bits per heavy atom. The van der Waals surface area contributed by atoms with Crippen molar-refractivity contribution in [1.29, 1.82) is 5.53 Å². The highest BCUT2D eigenvalue weighted by Gasteiger charge is 2.41. The van der Waals surface area contributed by atoms with Gasteiger partial charge in [0.1, 0.15) is 5.69 Å². The molecule has 38 heavy (non-hydrogen) atoms.